The normalized spacial score (nSPS) is 11.8. The van der Waals surface area contributed by atoms with Crippen LogP contribution < -0.4 is 16.0 Å². The number of halogens is 3. The zero-order valence-electron chi connectivity index (χ0n) is 11.5. The Labute approximate surface area is 129 Å². The Hall–Kier alpha value is -2.62. The number of fused-ring (bicyclic) bond motifs is 1. The number of aromatic nitrogens is 3. The number of ether oxygens (including phenoxy) is 1. The van der Waals surface area contributed by atoms with Crippen molar-refractivity contribution in [3.63, 3.8) is 0 Å². The van der Waals surface area contributed by atoms with Crippen LogP contribution in [0.1, 0.15) is 5.69 Å². The van der Waals surface area contributed by atoms with Gasteiger partial charge in [0.25, 0.3) is 5.56 Å². The molecule has 1 N–H and O–H groups in total. The Morgan fingerprint density at radius 3 is 2.61 bits per heavy atom. The fourth-order valence-corrected chi connectivity index (χ4v) is 2.94. The van der Waals surface area contributed by atoms with E-state index in [0.29, 0.717) is 26.6 Å². The van der Waals surface area contributed by atoms with Crippen LogP contribution in [0.5, 0.6) is 5.75 Å². The molecule has 0 saturated heterocycles. The van der Waals surface area contributed by atoms with Crippen molar-refractivity contribution in [1.29, 1.82) is 0 Å². The van der Waals surface area contributed by atoms with E-state index in [1.54, 1.807) is 23.2 Å². The van der Waals surface area contributed by atoms with Crippen LogP contribution in [0.2, 0.25) is 0 Å². The van der Waals surface area contributed by atoms with Gasteiger partial charge in [-0.15, -0.1) is 0 Å². The first kappa shape index (κ1) is 15.3. The fourth-order valence-electron chi connectivity index (χ4n) is 1.94. The van der Waals surface area contributed by atoms with Crippen LogP contribution in [-0.2, 0) is 6.18 Å². The van der Waals surface area contributed by atoms with Crippen molar-refractivity contribution in [3.05, 3.63) is 50.8 Å². The van der Waals surface area contributed by atoms with E-state index in [2.05, 4.69) is 4.98 Å². The second kappa shape index (κ2) is 5.23. The number of nitrogens with zero attached hydrogens (tertiary/aromatic N) is 2. The third-order valence-electron chi connectivity index (χ3n) is 3.01. The molecule has 1 aromatic carbocycles. The van der Waals surface area contributed by atoms with Crippen molar-refractivity contribution >= 4 is 21.6 Å². The maximum absolute atomic E-state index is 12.6. The maximum Gasteiger partial charge on any atom is 0.431 e. The number of methoxy groups -OCH3 is 1. The molecule has 2 heterocycles. The number of alkyl halides is 3. The molecule has 0 atom stereocenters. The van der Waals surface area contributed by atoms with Crippen LogP contribution in [0.3, 0.4) is 0 Å². The second-order valence-electron chi connectivity index (χ2n) is 4.49. The first-order chi connectivity index (χ1) is 10.8. The van der Waals surface area contributed by atoms with Gasteiger partial charge in [0.15, 0.2) is 0 Å². The topological polar surface area (TPSA) is 77.0 Å². The van der Waals surface area contributed by atoms with Gasteiger partial charge in [0.1, 0.15) is 11.4 Å². The van der Waals surface area contributed by atoms with E-state index in [1.165, 1.54) is 7.11 Å². The standard InChI is InChI=1S/C13H8F3N3O3S/c1-22-6-2-3-7-8(4-6)23-12(17-7)19-10(20)5-9(13(14,15)16)18-11(19)21/h2-5H,1H3,(H,18,21). The summed E-state index contributed by atoms with van der Waals surface area (Å²) in [7, 11) is 1.48. The van der Waals surface area contributed by atoms with Gasteiger partial charge in [0.2, 0.25) is 5.13 Å². The summed E-state index contributed by atoms with van der Waals surface area (Å²) in [5, 5.41) is -0.0202. The van der Waals surface area contributed by atoms with Crippen molar-refractivity contribution in [2.45, 2.75) is 6.18 Å². The molecule has 10 heteroatoms. The summed E-state index contributed by atoms with van der Waals surface area (Å²) in [5.74, 6) is 0.557. The summed E-state index contributed by atoms with van der Waals surface area (Å²) in [6.45, 7) is 0. The smallest absolute Gasteiger partial charge is 0.431 e. The molecule has 3 rings (SSSR count). The van der Waals surface area contributed by atoms with Crippen LogP contribution in [-0.4, -0.2) is 21.6 Å². The Balaban J connectivity index is 2.19. The summed E-state index contributed by atoms with van der Waals surface area (Å²) in [5.41, 5.74) is -3.20. The fraction of sp³-hybridized carbons (Fsp3) is 0.154. The number of aromatic amines is 1. The molecule has 0 radical (unpaired) electrons. The zero-order chi connectivity index (χ0) is 16.8. The molecular formula is C13H8F3N3O3S. The molecule has 0 amide bonds. The van der Waals surface area contributed by atoms with Crippen molar-refractivity contribution in [3.8, 4) is 10.9 Å². The molecular weight excluding hydrogens is 335 g/mol. The summed E-state index contributed by atoms with van der Waals surface area (Å²) in [4.78, 5) is 29.5. The molecule has 6 nitrogen and oxygen atoms in total. The predicted octanol–water partition coefficient (Wildman–Crippen LogP) is 2.16. The van der Waals surface area contributed by atoms with Crippen LogP contribution in [0, 0.1) is 0 Å². The first-order valence-corrected chi connectivity index (χ1v) is 7.00. The third-order valence-corrected chi connectivity index (χ3v) is 4.02. The molecule has 3 aromatic rings. The van der Waals surface area contributed by atoms with Gasteiger partial charge >= 0.3 is 11.9 Å². The SMILES string of the molecule is COc1ccc2nc(-n3c(=O)cc(C(F)(F)F)[nH]c3=O)sc2c1. The van der Waals surface area contributed by atoms with E-state index in [9.17, 15) is 22.8 Å². The average Bonchev–Trinajstić information content (AvgIpc) is 2.87. The molecule has 0 spiro atoms. The molecule has 0 aliphatic carbocycles. The van der Waals surface area contributed by atoms with Crippen molar-refractivity contribution in [2.24, 2.45) is 0 Å². The third kappa shape index (κ3) is 2.72. The average molecular weight is 343 g/mol. The van der Waals surface area contributed by atoms with Gasteiger partial charge in [-0.25, -0.2) is 14.3 Å². The minimum absolute atomic E-state index is 0.0202. The van der Waals surface area contributed by atoms with Crippen LogP contribution >= 0.6 is 11.3 Å². The van der Waals surface area contributed by atoms with E-state index < -0.39 is 23.1 Å². The van der Waals surface area contributed by atoms with Crippen LogP contribution in [0.4, 0.5) is 13.2 Å². The predicted molar refractivity (Wildman–Crippen MR) is 77.4 cm³/mol. The Kier molecular flexibility index (Phi) is 3.48. The van der Waals surface area contributed by atoms with Gasteiger partial charge in [-0.1, -0.05) is 11.3 Å². The van der Waals surface area contributed by atoms with Crippen molar-refractivity contribution < 1.29 is 17.9 Å². The number of rotatable bonds is 2. The van der Waals surface area contributed by atoms with Gasteiger partial charge in [0.05, 0.1) is 17.3 Å². The number of H-pyrrole nitrogens is 1. The van der Waals surface area contributed by atoms with E-state index in [4.69, 9.17) is 4.74 Å². The highest BCUT2D eigenvalue weighted by molar-refractivity contribution is 7.20. The minimum atomic E-state index is -4.81. The summed E-state index contributed by atoms with van der Waals surface area (Å²) in [6, 6.07) is 5.25. The number of thiazole rings is 1. The number of nitrogens with one attached hydrogen (secondary N) is 1. The van der Waals surface area contributed by atoms with Gasteiger partial charge in [-0.2, -0.15) is 13.2 Å². The highest BCUT2D eigenvalue weighted by Gasteiger charge is 2.33. The molecule has 23 heavy (non-hydrogen) atoms. The van der Waals surface area contributed by atoms with Crippen LogP contribution in [0.15, 0.2) is 33.9 Å². The largest absolute Gasteiger partial charge is 0.497 e. The lowest BCUT2D eigenvalue weighted by molar-refractivity contribution is -0.141. The molecule has 0 aliphatic rings. The molecule has 0 bridgehead atoms. The van der Waals surface area contributed by atoms with Crippen molar-refractivity contribution in [1.82, 2.24) is 14.5 Å². The Bertz CT molecular complexity index is 972. The maximum atomic E-state index is 12.6. The monoisotopic (exact) mass is 343 g/mol. The van der Waals surface area contributed by atoms with E-state index >= 15 is 0 Å². The quantitative estimate of drug-likeness (QED) is 0.774. The number of hydrogen-bond acceptors (Lipinski definition) is 5. The molecule has 0 aliphatic heterocycles. The molecule has 120 valence electrons. The van der Waals surface area contributed by atoms with Crippen molar-refractivity contribution in [2.75, 3.05) is 7.11 Å². The highest BCUT2D eigenvalue weighted by atomic mass is 32.1. The summed E-state index contributed by atoms with van der Waals surface area (Å²) in [6.07, 6.45) is -4.81. The number of hydrogen-bond donors (Lipinski definition) is 1. The Morgan fingerprint density at radius 1 is 1.26 bits per heavy atom. The summed E-state index contributed by atoms with van der Waals surface area (Å²) >= 11 is 0.992. The molecule has 0 fully saturated rings. The Morgan fingerprint density at radius 2 is 2.00 bits per heavy atom. The van der Waals surface area contributed by atoms with E-state index in [1.807, 2.05) is 0 Å². The van der Waals surface area contributed by atoms with E-state index in [0.717, 1.165) is 11.3 Å². The van der Waals surface area contributed by atoms with Gasteiger partial charge in [-0.3, -0.25) is 4.79 Å². The lowest BCUT2D eigenvalue weighted by atomic mass is 10.3. The highest BCUT2D eigenvalue weighted by Crippen LogP contribution is 2.28. The minimum Gasteiger partial charge on any atom is -0.497 e. The summed E-state index contributed by atoms with van der Waals surface area (Å²) < 4.78 is 44.0. The lowest BCUT2D eigenvalue weighted by Crippen LogP contribution is -2.35. The van der Waals surface area contributed by atoms with Crippen LogP contribution in [0.25, 0.3) is 15.3 Å². The molecule has 0 unspecified atom stereocenters. The zero-order valence-corrected chi connectivity index (χ0v) is 12.3. The van der Waals surface area contributed by atoms with Gasteiger partial charge < -0.3 is 9.72 Å². The molecule has 2 aromatic heterocycles. The number of benzene rings is 1. The lowest BCUT2D eigenvalue weighted by Gasteiger charge is -2.06. The molecule has 0 saturated carbocycles. The second-order valence-corrected chi connectivity index (χ2v) is 5.50. The van der Waals surface area contributed by atoms with E-state index in [-0.39, 0.29) is 5.13 Å². The van der Waals surface area contributed by atoms with Gasteiger partial charge in [0, 0.05) is 6.07 Å². The van der Waals surface area contributed by atoms with Gasteiger partial charge in [-0.05, 0) is 18.2 Å². The first-order valence-electron chi connectivity index (χ1n) is 6.18.